The Morgan fingerprint density at radius 2 is 2.12 bits per heavy atom. The third-order valence-electron chi connectivity index (χ3n) is 4.67. The van der Waals surface area contributed by atoms with Crippen molar-refractivity contribution in [1.82, 2.24) is 14.7 Å². The van der Waals surface area contributed by atoms with E-state index in [1.807, 2.05) is 13.1 Å². The molecule has 0 aliphatic carbocycles. The molecule has 0 radical (unpaired) electrons. The smallest absolute Gasteiger partial charge is 0.230 e. The molecule has 1 aromatic carbocycles. The molecular formula is C18H22N4O3. The summed E-state index contributed by atoms with van der Waals surface area (Å²) in [7, 11) is 3.51. The zero-order valence-electron chi connectivity index (χ0n) is 14.6. The molecule has 0 saturated carbocycles. The molecule has 1 aliphatic heterocycles. The molecule has 3 rings (SSSR count). The number of rotatable bonds is 3. The second kappa shape index (κ2) is 6.58. The van der Waals surface area contributed by atoms with E-state index in [1.54, 1.807) is 48.1 Å². The van der Waals surface area contributed by atoms with Gasteiger partial charge in [0.05, 0.1) is 23.8 Å². The number of aryl methyl sites for hydroxylation is 2. The molecule has 2 amide bonds. The molecule has 0 bridgehead atoms. The maximum Gasteiger partial charge on any atom is 0.230 e. The fraction of sp³-hybridized carbons (Fsp3) is 0.389. The lowest BCUT2D eigenvalue weighted by atomic mass is 9.85. The van der Waals surface area contributed by atoms with Crippen LogP contribution in [0.2, 0.25) is 0 Å². The van der Waals surface area contributed by atoms with Crippen LogP contribution in [0.5, 0.6) is 5.75 Å². The van der Waals surface area contributed by atoms with Gasteiger partial charge in [-0.25, -0.2) is 0 Å². The lowest BCUT2D eigenvalue weighted by Gasteiger charge is -2.37. The van der Waals surface area contributed by atoms with E-state index in [1.165, 1.54) is 0 Å². The van der Waals surface area contributed by atoms with E-state index >= 15 is 0 Å². The maximum absolute atomic E-state index is 12.9. The number of hydrogen-bond acceptors (Lipinski definition) is 4. The third kappa shape index (κ3) is 3.35. The summed E-state index contributed by atoms with van der Waals surface area (Å²) in [4.78, 5) is 26.6. The topological polar surface area (TPSA) is 87.5 Å². The highest BCUT2D eigenvalue weighted by Crippen LogP contribution is 2.37. The van der Waals surface area contributed by atoms with Crippen molar-refractivity contribution >= 4 is 17.5 Å². The van der Waals surface area contributed by atoms with Gasteiger partial charge in [0, 0.05) is 32.3 Å². The number of likely N-dealkylation sites (tertiary alicyclic amines) is 1. The third-order valence-corrected chi connectivity index (χ3v) is 4.67. The number of anilines is 1. The Bertz CT molecular complexity index is 814. The van der Waals surface area contributed by atoms with Gasteiger partial charge in [-0.1, -0.05) is 6.07 Å². The number of carbonyl (C=O) groups is 2. The van der Waals surface area contributed by atoms with Gasteiger partial charge < -0.3 is 15.3 Å². The van der Waals surface area contributed by atoms with Crippen LogP contribution in [0.15, 0.2) is 30.6 Å². The van der Waals surface area contributed by atoms with Crippen molar-refractivity contribution in [3.63, 3.8) is 0 Å². The molecule has 1 fully saturated rings. The van der Waals surface area contributed by atoms with Crippen LogP contribution in [-0.4, -0.2) is 38.6 Å². The molecule has 2 heterocycles. The molecule has 25 heavy (non-hydrogen) atoms. The SMILES string of the molecule is Cc1ccc(O)c(NC(=O)[C@@H]2CCC(=O)N(C)[C@@H]2c2cnn(C)c2)c1. The Morgan fingerprint density at radius 3 is 2.80 bits per heavy atom. The van der Waals surface area contributed by atoms with Crippen LogP contribution in [0.4, 0.5) is 5.69 Å². The fourth-order valence-electron chi connectivity index (χ4n) is 3.34. The van der Waals surface area contributed by atoms with E-state index in [2.05, 4.69) is 10.4 Å². The Morgan fingerprint density at radius 1 is 1.36 bits per heavy atom. The van der Waals surface area contributed by atoms with Gasteiger partial charge in [0.15, 0.2) is 0 Å². The summed E-state index contributed by atoms with van der Waals surface area (Å²) in [6.45, 7) is 1.89. The lowest BCUT2D eigenvalue weighted by molar-refractivity contribution is -0.140. The summed E-state index contributed by atoms with van der Waals surface area (Å²) in [5.41, 5.74) is 2.15. The Hall–Kier alpha value is -2.83. The zero-order valence-corrected chi connectivity index (χ0v) is 14.6. The van der Waals surface area contributed by atoms with Gasteiger partial charge in [-0.05, 0) is 31.0 Å². The van der Waals surface area contributed by atoms with Gasteiger partial charge >= 0.3 is 0 Å². The molecule has 1 aromatic heterocycles. The van der Waals surface area contributed by atoms with Crippen molar-refractivity contribution in [2.45, 2.75) is 25.8 Å². The van der Waals surface area contributed by atoms with Crippen LogP contribution in [0.25, 0.3) is 0 Å². The lowest BCUT2D eigenvalue weighted by Crippen LogP contribution is -2.44. The van der Waals surface area contributed by atoms with E-state index in [-0.39, 0.29) is 23.6 Å². The van der Waals surface area contributed by atoms with Crippen molar-refractivity contribution < 1.29 is 14.7 Å². The van der Waals surface area contributed by atoms with E-state index < -0.39 is 5.92 Å². The van der Waals surface area contributed by atoms with Gasteiger partial charge in [-0.2, -0.15) is 5.10 Å². The van der Waals surface area contributed by atoms with Crippen molar-refractivity contribution in [3.05, 3.63) is 41.7 Å². The standard InChI is InChI=1S/C18H22N4O3/c1-11-4-6-15(23)14(8-11)20-18(25)13-5-7-16(24)22(3)17(13)12-9-19-21(2)10-12/h4,6,8-10,13,17,23H,5,7H2,1-3H3,(H,20,25)/t13-,17-/m1/s1. The van der Waals surface area contributed by atoms with Crippen LogP contribution in [-0.2, 0) is 16.6 Å². The first-order valence-electron chi connectivity index (χ1n) is 8.21. The summed E-state index contributed by atoms with van der Waals surface area (Å²) in [6, 6.07) is 4.68. The number of aromatic nitrogens is 2. The van der Waals surface area contributed by atoms with Crippen LogP contribution in [0.3, 0.4) is 0 Å². The van der Waals surface area contributed by atoms with Crippen molar-refractivity contribution in [2.75, 3.05) is 12.4 Å². The minimum absolute atomic E-state index is 0.0105. The van der Waals surface area contributed by atoms with Crippen LogP contribution in [0.1, 0.15) is 30.0 Å². The predicted molar refractivity (Wildman–Crippen MR) is 92.9 cm³/mol. The predicted octanol–water partition coefficient (Wildman–Crippen LogP) is 1.98. The first-order chi connectivity index (χ1) is 11.9. The van der Waals surface area contributed by atoms with E-state index in [0.29, 0.717) is 18.5 Å². The summed E-state index contributed by atoms with van der Waals surface area (Å²) >= 11 is 0. The average molecular weight is 342 g/mol. The molecule has 7 heteroatoms. The second-order valence-electron chi connectivity index (χ2n) is 6.55. The molecule has 2 N–H and O–H groups in total. The number of aromatic hydroxyl groups is 1. The molecule has 1 saturated heterocycles. The summed E-state index contributed by atoms with van der Waals surface area (Å²) in [5, 5.41) is 16.9. The second-order valence-corrected chi connectivity index (χ2v) is 6.55. The molecule has 2 aromatic rings. The maximum atomic E-state index is 12.9. The van der Waals surface area contributed by atoms with Gasteiger partial charge in [-0.3, -0.25) is 14.3 Å². The number of piperidine rings is 1. The quantitative estimate of drug-likeness (QED) is 0.835. The van der Waals surface area contributed by atoms with Crippen LogP contribution < -0.4 is 5.32 Å². The highest BCUT2D eigenvalue weighted by atomic mass is 16.3. The number of phenolic OH excluding ortho intramolecular Hbond substituents is 1. The number of amides is 2. The molecule has 2 atom stereocenters. The first kappa shape index (κ1) is 17.0. The normalized spacial score (nSPS) is 20.6. The molecule has 132 valence electrons. The van der Waals surface area contributed by atoms with Crippen molar-refractivity contribution in [1.29, 1.82) is 0 Å². The zero-order chi connectivity index (χ0) is 18.1. The van der Waals surface area contributed by atoms with Gasteiger partial charge in [0.1, 0.15) is 5.75 Å². The average Bonchev–Trinajstić information content (AvgIpc) is 2.99. The number of phenols is 1. The summed E-state index contributed by atoms with van der Waals surface area (Å²) < 4.78 is 1.66. The summed E-state index contributed by atoms with van der Waals surface area (Å²) in [6.07, 6.45) is 4.29. The number of nitrogens with zero attached hydrogens (tertiary/aromatic N) is 3. The molecular weight excluding hydrogens is 320 g/mol. The van der Waals surface area contributed by atoms with Crippen LogP contribution in [0, 0.1) is 12.8 Å². The van der Waals surface area contributed by atoms with Gasteiger partial charge in [0.25, 0.3) is 0 Å². The molecule has 1 aliphatic rings. The van der Waals surface area contributed by atoms with E-state index in [4.69, 9.17) is 0 Å². The Balaban J connectivity index is 1.88. The van der Waals surface area contributed by atoms with Crippen molar-refractivity contribution in [2.24, 2.45) is 13.0 Å². The first-order valence-corrected chi connectivity index (χ1v) is 8.21. The highest BCUT2D eigenvalue weighted by molar-refractivity contribution is 5.95. The largest absolute Gasteiger partial charge is 0.506 e. The van der Waals surface area contributed by atoms with E-state index in [9.17, 15) is 14.7 Å². The highest BCUT2D eigenvalue weighted by Gasteiger charge is 2.39. The molecule has 0 unspecified atom stereocenters. The van der Waals surface area contributed by atoms with Crippen molar-refractivity contribution in [3.8, 4) is 5.75 Å². The van der Waals surface area contributed by atoms with E-state index in [0.717, 1.165) is 11.1 Å². The number of benzene rings is 1. The summed E-state index contributed by atoms with van der Waals surface area (Å²) in [5.74, 6) is -0.589. The molecule has 7 nitrogen and oxygen atoms in total. The number of carbonyl (C=O) groups excluding carboxylic acids is 2. The Labute approximate surface area is 146 Å². The van der Waals surface area contributed by atoms with Crippen LogP contribution >= 0.6 is 0 Å². The minimum Gasteiger partial charge on any atom is -0.506 e. The molecule has 0 spiro atoms. The monoisotopic (exact) mass is 342 g/mol. The Kier molecular flexibility index (Phi) is 4.48. The van der Waals surface area contributed by atoms with Gasteiger partial charge in [-0.15, -0.1) is 0 Å². The fourth-order valence-corrected chi connectivity index (χ4v) is 3.34. The minimum atomic E-state index is -0.410. The number of nitrogens with one attached hydrogen (secondary N) is 1. The number of hydrogen-bond donors (Lipinski definition) is 2. The van der Waals surface area contributed by atoms with Gasteiger partial charge in [0.2, 0.25) is 11.8 Å².